The molecular formula is C16H10F2N2O5. The van der Waals surface area contributed by atoms with Gasteiger partial charge in [0.1, 0.15) is 0 Å². The van der Waals surface area contributed by atoms with Gasteiger partial charge in [0.2, 0.25) is 12.7 Å². The van der Waals surface area contributed by atoms with Crippen LogP contribution in [0.4, 0.5) is 20.2 Å². The van der Waals surface area contributed by atoms with Crippen LogP contribution in [-0.2, 0) is 4.79 Å². The number of nitrogens with zero attached hydrogens (tertiary/aromatic N) is 1. The van der Waals surface area contributed by atoms with Crippen LogP contribution in [0.2, 0.25) is 0 Å². The molecule has 0 fully saturated rings. The summed E-state index contributed by atoms with van der Waals surface area (Å²) in [7, 11) is 0. The number of benzene rings is 2. The van der Waals surface area contributed by atoms with Crippen LogP contribution in [0, 0.1) is 21.7 Å². The number of halogens is 2. The Morgan fingerprint density at radius 1 is 1.16 bits per heavy atom. The van der Waals surface area contributed by atoms with E-state index in [9.17, 15) is 23.7 Å². The predicted molar refractivity (Wildman–Crippen MR) is 83.2 cm³/mol. The highest BCUT2D eigenvalue weighted by Gasteiger charge is 2.22. The zero-order valence-electron chi connectivity index (χ0n) is 12.5. The zero-order chi connectivity index (χ0) is 18.0. The number of hydrogen-bond acceptors (Lipinski definition) is 5. The number of ether oxygens (including phenoxy) is 2. The number of anilines is 1. The van der Waals surface area contributed by atoms with Crippen LogP contribution in [0.5, 0.6) is 11.5 Å². The van der Waals surface area contributed by atoms with Crippen LogP contribution in [0.25, 0.3) is 6.08 Å². The minimum Gasteiger partial charge on any atom is -0.454 e. The van der Waals surface area contributed by atoms with Crippen LogP contribution in [0.1, 0.15) is 5.56 Å². The summed E-state index contributed by atoms with van der Waals surface area (Å²) in [6, 6.07) is 5.46. The lowest BCUT2D eigenvalue weighted by molar-refractivity contribution is -0.385. The molecule has 25 heavy (non-hydrogen) atoms. The molecule has 0 aromatic heterocycles. The lowest BCUT2D eigenvalue weighted by Crippen LogP contribution is -2.08. The second-order valence-corrected chi connectivity index (χ2v) is 4.97. The van der Waals surface area contributed by atoms with E-state index in [2.05, 4.69) is 5.32 Å². The highest BCUT2D eigenvalue weighted by molar-refractivity contribution is 6.02. The van der Waals surface area contributed by atoms with Crippen molar-refractivity contribution in [1.82, 2.24) is 0 Å². The summed E-state index contributed by atoms with van der Waals surface area (Å²) in [5.74, 6) is -2.24. The van der Waals surface area contributed by atoms with Crippen molar-refractivity contribution in [1.29, 1.82) is 0 Å². The molecule has 0 saturated carbocycles. The van der Waals surface area contributed by atoms with Gasteiger partial charge in [0.25, 0.3) is 5.69 Å². The van der Waals surface area contributed by atoms with E-state index in [1.54, 1.807) is 0 Å². The largest absolute Gasteiger partial charge is 0.454 e. The molecule has 1 heterocycles. The number of rotatable bonds is 4. The zero-order valence-corrected chi connectivity index (χ0v) is 12.5. The van der Waals surface area contributed by atoms with Crippen LogP contribution < -0.4 is 14.8 Å². The third-order valence-corrected chi connectivity index (χ3v) is 3.32. The van der Waals surface area contributed by atoms with E-state index in [0.29, 0.717) is 5.75 Å². The number of carbonyl (C=O) groups is 1. The minimum absolute atomic E-state index is 0.0454. The summed E-state index contributed by atoms with van der Waals surface area (Å²) in [6.45, 7) is -0.0454. The summed E-state index contributed by atoms with van der Waals surface area (Å²) < 4.78 is 36.2. The van der Waals surface area contributed by atoms with Gasteiger partial charge in [-0.2, -0.15) is 0 Å². The Morgan fingerprint density at radius 2 is 1.88 bits per heavy atom. The molecule has 1 N–H and O–H groups in total. The second kappa shape index (κ2) is 6.56. The predicted octanol–water partition coefficient (Wildman–Crippen LogP) is 3.25. The standard InChI is InChI=1S/C16H10F2N2O5/c17-11-3-2-10(6-12(11)18)19-16(21)4-1-9-5-14-15(25-8-24-14)7-13(9)20(22)23/h1-7H,8H2,(H,19,21)/b4-1+. The Hall–Kier alpha value is -3.49. The van der Waals surface area contributed by atoms with Gasteiger partial charge in [-0.3, -0.25) is 14.9 Å². The number of nitro groups is 1. The average Bonchev–Trinajstić information content (AvgIpc) is 3.02. The van der Waals surface area contributed by atoms with Crippen LogP contribution >= 0.6 is 0 Å². The smallest absolute Gasteiger partial charge is 0.280 e. The van der Waals surface area contributed by atoms with E-state index >= 15 is 0 Å². The Balaban J connectivity index is 1.80. The molecular weight excluding hydrogens is 338 g/mol. The van der Waals surface area contributed by atoms with Crippen molar-refractivity contribution in [2.75, 3.05) is 12.1 Å². The normalized spacial score (nSPS) is 12.4. The Kier molecular flexibility index (Phi) is 4.29. The summed E-state index contributed by atoms with van der Waals surface area (Å²) >= 11 is 0. The first kappa shape index (κ1) is 16.4. The van der Waals surface area contributed by atoms with Crippen LogP contribution in [0.15, 0.2) is 36.4 Å². The maximum atomic E-state index is 13.1. The average molecular weight is 348 g/mol. The van der Waals surface area contributed by atoms with Crippen molar-refractivity contribution in [3.63, 3.8) is 0 Å². The number of hydrogen-bond donors (Lipinski definition) is 1. The molecule has 1 aliphatic rings. The first-order valence-electron chi connectivity index (χ1n) is 6.96. The van der Waals surface area contributed by atoms with Gasteiger partial charge in [0.05, 0.1) is 16.6 Å². The maximum Gasteiger partial charge on any atom is 0.280 e. The number of amides is 1. The fourth-order valence-corrected chi connectivity index (χ4v) is 2.16. The molecule has 0 spiro atoms. The molecule has 2 aromatic carbocycles. The number of carbonyl (C=O) groups excluding carboxylic acids is 1. The minimum atomic E-state index is -1.10. The summed E-state index contributed by atoms with van der Waals surface area (Å²) in [5, 5.41) is 13.4. The Morgan fingerprint density at radius 3 is 2.56 bits per heavy atom. The van der Waals surface area contributed by atoms with Crippen molar-refractivity contribution in [3.05, 3.63) is 63.7 Å². The molecule has 0 radical (unpaired) electrons. The SMILES string of the molecule is O=C(/C=C/c1cc2c(cc1[N+](=O)[O-])OCO2)Nc1ccc(F)c(F)c1. The van der Waals surface area contributed by atoms with Crippen molar-refractivity contribution in [2.45, 2.75) is 0 Å². The lowest BCUT2D eigenvalue weighted by Gasteiger charge is -2.03. The highest BCUT2D eigenvalue weighted by atomic mass is 19.2. The van der Waals surface area contributed by atoms with E-state index in [-0.39, 0.29) is 29.5 Å². The van der Waals surface area contributed by atoms with E-state index < -0.39 is 22.5 Å². The van der Waals surface area contributed by atoms with Gasteiger partial charge < -0.3 is 14.8 Å². The topological polar surface area (TPSA) is 90.7 Å². The van der Waals surface area contributed by atoms with Gasteiger partial charge in [0, 0.05) is 17.8 Å². The molecule has 0 unspecified atom stereocenters. The second-order valence-electron chi connectivity index (χ2n) is 4.97. The molecule has 0 aliphatic carbocycles. The Bertz CT molecular complexity index is 898. The molecule has 128 valence electrons. The quantitative estimate of drug-likeness (QED) is 0.520. The Labute approximate surface area is 139 Å². The molecule has 7 nitrogen and oxygen atoms in total. The first-order valence-corrected chi connectivity index (χ1v) is 6.96. The van der Waals surface area contributed by atoms with Gasteiger partial charge in [-0.05, 0) is 24.3 Å². The number of nitro benzene ring substituents is 1. The molecule has 0 atom stereocenters. The fourth-order valence-electron chi connectivity index (χ4n) is 2.16. The molecule has 0 saturated heterocycles. The summed E-state index contributed by atoms with van der Waals surface area (Å²) in [6.07, 6.45) is 2.25. The van der Waals surface area contributed by atoms with Crippen LogP contribution in [-0.4, -0.2) is 17.6 Å². The fraction of sp³-hybridized carbons (Fsp3) is 0.0625. The lowest BCUT2D eigenvalue weighted by atomic mass is 10.1. The molecule has 1 aliphatic heterocycles. The first-order chi connectivity index (χ1) is 11.9. The van der Waals surface area contributed by atoms with Gasteiger partial charge in [-0.1, -0.05) is 0 Å². The van der Waals surface area contributed by atoms with Gasteiger partial charge in [-0.15, -0.1) is 0 Å². The van der Waals surface area contributed by atoms with Crippen LogP contribution in [0.3, 0.4) is 0 Å². The highest BCUT2D eigenvalue weighted by Crippen LogP contribution is 2.38. The van der Waals surface area contributed by atoms with Gasteiger partial charge in [0.15, 0.2) is 23.1 Å². The third kappa shape index (κ3) is 3.55. The van der Waals surface area contributed by atoms with Crippen molar-refractivity contribution in [2.24, 2.45) is 0 Å². The van der Waals surface area contributed by atoms with E-state index in [1.807, 2.05) is 0 Å². The number of fused-ring (bicyclic) bond motifs is 1. The van der Waals surface area contributed by atoms with Gasteiger partial charge >= 0.3 is 0 Å². The third-order valence-electron chi connectivity index (χ3n) is 3.32. The van der Waals surface area contributed by atoms with Crippen molar-refractivity contribution >= 4 is 23.4 Å². The van der Waals surface area contributed by atoms with Crippen molar-refractivity contribution in [3.8, 4) is 11.5 Å². The van der Waals surface area contributed by atoms with E-state index in [1.165, 1.54) is 24.3 Å². The molecule has 2 aromatic rings. The van der Waals surface area contributed by atoms with E-state index in [4.69, 9.17) is 9.47 Å². The number of nitrogens with one attached hydrogen (secondary N) is 1. The molecule has 1 amide bonds. The summed E-state index contributed by atoms with van der Waals surface area (Å²) in [4.78, 5) is 22.4. The molecule has 3 rings (SSSR count). The maximum absolute atomic E-state index is 13.1. The molecule has 9 heteroatoms. The van der Waals surface area contributed by atoms with Crippen molar-refractivity contribution < 1.29 is 28.0 Å². The monoisotopic (exact) mass is 348 g/mol. The summed E-state index contributed by atoms with van der Waals surface area (Å²) in [5.41, 5.74) is -0.0791. The molecule has 0 bridgehead atoms. The van der Waals surface area contributed by atoms with Gasteiger partial charge in [-0.25, -0.2) is 8.78 Å². The van der Waals surface area contributed by atoms with E-state index in [0.717, 1.165) is 18.2 Å².